The maximum Gasteiger partial charge on any atom is 0.573 e. The van der Waals surface area contributed by atoms with Gasteiger partial charge in [0.2, 0.25) is 0 Å². The molecule has 1 saturated heterocycles. The maximum atomic E-state index is 12.1. The molecule has 0 radical (unpaired) electrons. The molecule has 2 rings (SSSR count). The first-order valence-corrected chi connectivity index (χ1v) is 5.64. The third-order valence-corrected chi connectivity index (χ3v) is 2.80. The topological polar surface area (TPSA) is 21.3 Å². The van der Waals surface area contributed by atoms with Crippen molar-refractivity contribution in [2.45, 2.75) is 31.7 Å². The van der Waals surface area contributed by atoms with Crippen LogP contribution in [0, 0.1) is 0 Å². The number of piperidine rings is 1. The number of nitrogens with one attached hydrogen (secondary N) is 1. The highest BCUT2D eigenvalue weighted by molar-refractivity contribution is 5.31. The van der Waals surface area contributed by atoms with Crippen LogP contribution in [0.4, 0.5) is 13.2 Å². The van der Waals surface area contributed by atoms with Crippen molar-refractivity contribution in [3.8, 4) is 5.75 Å². The van der Waals surface area contributed by atoms with Gasteiger partial charge in [-0.1, -0.05) is 18.6 Å². The van der Waals surface area contributed by atoms with Gasteiger partial charge in [0.05, 0.1) is 0 Å². The van der Waals surface area contributed by atoms with Crippen LogP contribution in [0.3, 0.4) is 0 Å². The molecule has 1 aromatic rings. The molecule has 1 aromatic carbocycles. The Hall–Kier alpha value is -1.23. The first kappa shape index (κ1) is 12.2. The van der Waals surface area contributed by atoms with Crippen molar-refractivity contribution < 1.29 is 17.9 Å². The lowest BCUT2D eigenvalue weighted by molar-refractivity contribution is -0.274. The molecule has 1 N–H and O–H groups in total. The number of alkyl halides is 3. The Kier molecular flexibility index (Phi) is 3.57. The van der Waals surface area contributed by atoms with E-state index in [0.29, 0.717) is 0 Å². The highest BCUT2D eigenvalue weighted by Crippen LogP contribution is 2.28. The maximum absolute atomic E-state index is 12.1. The van der Waals surface area contributed by atoms with Crippen LogP contribution in [-0.2, 0) is 0 Å². The molecule has 0 aromatic heterocycles. The van der Waals surface area contributed by atoms with E-state index in [-0.39, 0.29) is 11.8 Å². The molecule has 2 nitrogen and oxygen atoms in total. The van der Waals surface area contributed by atoms with Gasteiger partial charge in [-0.2, -0.15) is 0 Å². The van der Waals surface area contributed by atoms with E-state index < -0.39 is 6.36 Å². The number of ether oxygens (including phenoxy) is 1. The van der Waals surface area contributed by atoms with Crippen LogP contribution in [0.1, 0.15) is 30.9 Å². The summed E-state index contributed by atoms with van der Waals surface area (Å²) in [6.45, 7) is 0.912. The van der Waals surface area contributed by atoms with E-state index in [4.69, 9.17) is 0 Å². The van der Waals surface area contributed by atoms with Crippen molar-refractivity contribution in [3.63, 3.8) is 0 Å². The third-order valence-electron chi connectivity index (χ3n) is 2.80. The normalized spacial score (nSPS) is 21.2. The van der Waals surface area contributed by atoms with Gasteiger partial charge in [0.15, 0.2) is 0 Å². The van der Waals surface area contributed by atoms with Crippen molar-refractivity contribution >= 4 is 0 Å². The lowest BCUT2D eigenvalue weighted by atomic mass is 9.97. The van der Waals surface area contributed by atoms with Gasteiger partial charge in [0.1, 0.15) is 5.75 Å². The number of benzene rings is 1. The van der Waals surface area contributed by atoms with Gasteiger partial charge in [-0.15, -0.1) is 13.2 Å². The molecule has 1 fully saturated rings. The lowest BCUT2D eigenvalue weighted by Gasteiger charge is -2.24. The van der Waals surface area contributed by atoms with Gasteiger partial charge in [0.25, 0.3) is 0 Å². The predicted molar refractivity (Wildman–Crippen MR) is 57.7 cm³/mol. The van der Waals surface area contributed by atoms with Crippen LogP contribution < -0.4 is 10.1 Å². The summed E-state index contributed by atoms with van der Waals surface area (Å²) in [5.74, 6) is -0.151. The molecule has 94 valence electrons. The fraction of sp³-hybridized carbons (Fsp3) is 0.500. The summed E-state index contributed by atoms with van der Waals surface area (Å²) in [5.41, 5.74) is 0.853. The molecule has 0 unspecified atom stereocenters. The zero-order chi connectivity index (χ0) is 12.3. The second-order valence-electron chi connectivity index (χ2n) is 4.12. The van der Waals surface area contributed by atoms with Crippen LogP contribution in [0.15, 0.2) is 24.3 Å². The zero-order valence-corrected chi connectivity index (χ0v) is 9.26. The number of hydrogen-bond acceptors (Lipinski definition) is 2. The van der Waals surface area contributed by atoms with E-state index in [1.807, 2.05) is 6.07 Å². The fourth-order valence-electron chi connectivity index (χ4n) is 2.06. The van der Waals surface area contributed by atoms with E-state index in [9.17, 15) is 13.2 Å². The Balaban J connectivity index is 2.10. The SMILES string of the molecule is FC(F)(F)Oc1cccc([C@H]2CCCCN2)c1. The second kappa shape index (κ2) is 4.96. The predicted octanol–water partition coefficient (Wildman–Crippen LogP) is 3.40. The van der Waals surface area contributed by atoms with E-state index >= 15 is 0 Å². The van der Waals surface area contributed by atoms with E-state index in [1.165, 1.54) is 12.1 Å². The monoisotopic (exact) mass is 245 g/mol. The summed E-state index contributed by atoms with van der Waals surface area (Å²) < 4.78 is 40.1. The average Bonchev–Trinajstić information content (AvgIpc) is 2.28. The van der Waals surface area contributed by atoms with Crippen LogP contribution in [0.25, 0.3) is 0 Å². The number of halogens is 3. The van der Waals surface area contributed by atoms with Crippen LogP contribution >= 0.6 is 0 Å². The Bertz CT molecular complexity index is 372. The Morgan fingerprint density at radius 3 is 2.71 bits per heavy atom. The van der Waals surface area contributed by atoms with Crippen molar-refractivity contribution in [3.05, 3.63) is 29.8 Å². The summed E-state index contributed by atoms with van der Waals surface area (Å²) >= 11 is 0. The molecule has 1 atom stereocenters. The van der Waals surface area contributed by atoms with Gasteiger partial charge in [-0.3, -0.25) is 0 Å². The quantitative estimate of drug-likeness (QED) is 0.862. The molecule has 1 aliphatic rings. The minimum absolute atomic E-state index is 0.139. The number of hydrogen-bond donors (Lipinski definition) is 1. The van der Waals surface area contributed by atoms with Gasteiger partial charge in [-0.25, -0.2) is 0 Å². The van der Waals surface area contributed by atoms with E-state index in [0.717, 1.165) is 31.4 Å². The third kappa shape index (κ3) is 3.63. The fourth-order valence-corrected chi connectivity index (χ4v) is 2.06. The molecule has 1 heterocycles. The summed E-state index contributed by atoms with van der Waals surface area (Å²) in [6.07, 6.45) is -1.45. The second-order valence-corrected chi connectivity index (χ2v) is 4.12. The molecule has 0 amide bonds. The standard InChI is InChI=1S/C12H14F3NO/c13-12(14,15)17-10-5-3-4-9(8-10)11-6-1-2-7-16-11/h3-5,8,11,16H,1-2,6-7H2/t11-/m1/s1. The van der Waals surface area contributed by atoms with Gasteiger partial charge < -0.3 is 10.1 Å². The molecular weight excluding hydrogens is 231 g/mol. The van der Waals surface area contributed by atoms with Crippen molar-refractivity contribution in [2.75, 3.05) is 6.54 Å². The van der Waals surface area contributed by atoms with Crippen molar-refractivity contribution in [2.24, 2.45) is 0 Å². The van der Waals surface area contributed by atoms with Crippen LogP contribution in [0.5, 0.6) is 5.75 Å². The first-order chi connectivity index (χ1) is 8.04. The van der Waals surface area contributed by atoms with Crippen LogP contribution in [0.2, 0.25) is 0 Å². The van der Waals surface area contributed by atoms with E-state index in [1.54, 1.807) is 6.07 Å². The highest BCUT2D eigenvalue weighted by atomic mass is 19.4. The summed E-state index contributed by atoms with van der Waals surface area (Å²) in [4.78, 5) is 0. The van der Waals surface area contributed by atoms with Gasteiger partial charge in [-0.05, 0) is 37.1 Å². The minimum atomic E-state index is -4.63. The lowest BCUT2D eigenvalue weighted by Crippen LogP contribution is -2.26. The Morgan fingerprint density at radius 2 is 2.06 bits per heavy atom. The molecule has 0 bridgehead atoms. The van der Waals surface area contributed by atoms with Crippen molar-refractivity contribution in [1.29, 1.82) is 0 Å². The van der Waals surface area contributed by atoms with Crippen molar-refractivity contribution in [1.82, 2.24) is 5.32 Å². The smallest absolute Gasteiger partial charge is 0.406 e. The van der Waals surface area contributed by atoms with E-state index in [2.05, 4.69) is 10.1 Å². The van der Waals surface area contributed by atoms with Gasteiger partial charge in [0, 0.05) is 6.04 Å². The average molecular weight is 245 g/mol. The first-order valence-electron chi connectivity index (χ1n) is 5.64. The Morgan fingerprint density at radius 1 is 1.24 bits per heavy atom. The molecule has 1 aliphatic heterocycles. The molecule has 0 saturated carbocycles. The largest absolute Gasteiger partial charge is 0.573 e. The number of rotatable bonds is 2. The summed E-state index contributed by atoms with van der Waals surface area (Å²) in [5, 5.41) is 3.29. The molecular formula is C12H14F3NO. The molecule has 5 heteroatoms. The molecule has 0 aliphatic carbocycles. The Labute approximate surface area is 97.8 Å². The molecule has 17 heavy (non-hydrogen) atoms. The summed E-state index contributed by atoms with van der Waals surface area (Å²) in [6, 6.07) is 6.33. The highest BCUT2D eigenvalue weighted by Gasteiger charge is 2.31. The molecule has 0 spiro atoms. The minimum Gasteiger partial charge on any atom is -0.406 e. The van der Waals surface area contributed by atoms with Gasteiger partial charge >= 0.3 is 6.36 Å². The summed E-state index contributed by atoms with van der Waals surface area (Å²) in [7, 11) is 0. The zero-order valence-electron chi connectivity index (χ0n) is 9.26. The van der Waals surface area contributed by atoms with Crippen LogP contribution in [-0.4, -0.2) is 12.9 Å².